The number of thioether (sulfide) groups is 1. The number of carbonyl (C=O) groups is 2. The van der Waals surface area contributed by atoms with Gasteiger partial charge in [-0.1, -0.05) is 18.2 Å². The summed E-state index contributed by atoms with van der Waals surface area (Å²) in [4.78, 5) is 26.5. The Morgan fingerprint density at radius 1 is 1.04 bits per heavy atom. The van der Waals surface area contributed by atoms with Gasteiger partial charge in [-0.05, 0) is 48.7 Å². The van der Waals surface area contributed by atoms with E-state index in [9.17, 15) is 9.59 Å². The van der Waals surface area contributed by atoms with Crippen LogP contribution in [0.5, 0.6) is 0 Å². The van der Waals surface area contributed by atoms with E-state index in [0.717, 1.165) is 25.3 Å². The van der Waals surface area contributed by atoms with Gasteiger partial charge in [0.05, 0.1) is 5.56 Å². The first kappa shape index (κ1) is 16.6. The molecule has 1 saturated heterocycles. The maximum atomic E-state index is 12.5. The molecule has 0 bridgehead atoms. The molecule has 4 nitrogen and oxygen atoms in total. The summed E-state index contributed by atoms with van der Waals surface area (Å²) in [7, 11) is 0. The lowest BCUT2D eigenvalue weighted by molar-refractivity contribution is 0.0695. The molecule has 1 aliphatic rings. The highest BCUT2D eigenvalue weighted by Gasteiger charge is 2.27. The van der Waals surface area contributed by atoms with Crippen molar-refractivity contribution in [3.05, 3.63) is 65.7 Å². The average Bonchev–Trinajstić information content (AvgIpc) is 3.09. The standard InChI is InChI=1S/C19H19NO3S/c21-18(15-6-8-16(9-7-15)19(22)23)20-11-10-14(12-20)13-24-17-4-2-1-3-5-17/h1-9,14H,10-13H2,(H,22,23). The summed E-state index contributed by atoms with van der Waals surface area (Å²) in [6.07, 6.45) is 1.01. The van der Waals surface area contributed by atoms with Gasteiger partial charge < -0.3 is 10.0 Å². The number of rotatable bonds is 5. The van der Waals surface area contributed by atoms with Crippen molar-refractivity contribution in [3.63, 3.8) is 0 Å². The number of benzene rings is 2. The van der Waals surface area contributed by atoms with Crippen LogP contribution in [-0.2, 0) is 0 Å². The molecule has 1 amide bonds. The summed E-state index contributed by atoms with van der Waals surface area (Å²) in [6, 6.07) is 16.4. The number of nitrogens with zero attached hydrogens (tertiary/aromatic N) is 1. The number of hydrogen-bond donors (Lipinski definition) is 1. The fourth-order valence-corrected chi connectivity index (χ4v) is 3.87. The van der Waals surface area contributed by atoms with Crippen LogP contribution < -0.4 is 0 Å². The van der Waals surface area contributed by atoms with Gasteiger partial charge in [0.2, 0.25) is 0 Å². The first-order valence-corrected chi connectivity index (χ1v) is 8.92. The monoisotopic (exact) mass is 341 g/mol. The van der Waals surface area contributed by atoms with E-state index < -0.39 is 5.97 Å². The average molecular weight is 341 g/mol. The molecule has 0 aliphatic carbocycles. The molecular weight excluding hydrogens is 322 g/mol. The van der Waals surface area contributed by atoms with Crippen molar-refractivity contribution < 1.29 is 14.7 Å². The Kier molecular flexibility index (Phi) is 5.20. The van der Waals surface area contributed by atoms with Gasteiger partial charge in [0.15, 0.2) is 0 Å². The van der Waals surface area contributed by atoms with E-state index in [1.165, 1.54) is 17.0 Å². The number of carbonyl (C=O) groups excluding carboxylic acids is 1. The first-order valence-electron chi connectivity index (χ1n) is 7.94. The van der Waals surface area contributed by atoms with Gasteiger partial charge >= 0.3 is 5.97 Å². The van der Waals surface area contributed by atoms with E-state index in [1.807, 2.05) is 34.9 Å². The molecule has 124 valence electrons. The smallest absolute Gasteiger partial charge is 0.335 e. The summed E-state index contributed by atoms with van der Waals surface area (Å²) in [5, 5.41) is 8.92. The maximum absolute atomic E-state index is 12.5. The highest BCUT2D eigenvalue weighted by Crippen LogP contribution is 2.26. The van der Waals surface area contributed by atoms with E-state index >= 15 is 0 Å². The van der Waals surface area contributed by atoms with Crippen molar-refractivity contribution in [1.82, 2.24) is 4.90 Å². The normalized spacial score (nSPS) is 17.0. The second-order valence-electron chi connectivity index (χ2n) is 5.91. The van der Waals surface area contributed by atoms with Crippen LogP contribution in [0.2, 0.25) is 0 Å². The lowest BCUT2D eigenvalue weighted by Gasteiger charge is -2.16. The van der Waals surface area contributed by atoms with Crippen molar-refractivity contribution >= 4 is 23.6 Å². The number of likely N-dealkylation sites (tertiary alicyclic amines) is 1. The van der Waals surface area contributed by atoms with E-state index in [1.54, 1.807) is 12.1 Å². The molecule has 0 spiro atoms. The molecule has 5 heteroatoms. The zero-order valence-corrected chi connectivity index (χ0v) is 14.0. The Hall–Kier alpha value is -2.27. The van der Waals surface area contributed by atoms with Gasteiger partial charge in [-0.15, -0.1) is 11.8 Å². The highest BCUT2D eigenvalue weighted by atomic mass is 32.2. The van der Waals surface area contributed by atoms with Gasteiger partial charge in [-0.25, -0.2) is 4.79 Å². The fourth-order valence-electron chi connectivity index (χ4n) is 2.82. The van der Waals surface area contributed by atoms with Crippen LogP contribution in [0.15, 0.2) is 59.5 Å². The number of amides is 1. The van der Waals surface area contributed by atoms with Crippen LogP contribution >= 0.6 is 11.8 Å². The van der Waals surface area contributed by atoms with Crippen LogP contribution in [0.25, 0.3) is 0 Å². The Balaban J connectivity index is 1.54. The van der Waals surface area contributed by atoms with E-state index in [2.05, 4.69) is 12.1 Å². The SMILES string of the molecule is O=C(O)c1ccc(C(=O)N2CCC(CSc3ccccc3)C2)cc1. The lowest BCUT2D eigenvalue weighted by atomic mass is 10.1. The Labute approximate surface area is 145 Å². The molecule has 1 fully saturated rings. The van der Waals surface area contributed by atoms with Crippen LogP contribution in [-0.4, -0.2) is 40.7 Å². The number of aromatic carboxylic acids is 1. The Bertz CT molecular complexity index is 715. The van der Waals surface area contributed by atoms with Crippen molar-refractivity contribution in [3.8, 4) is 0 Å². The molecule has 1 unspecified atom stereocenters. The zero-order chi connectivity index (χ0) is 16.9. The molecular formula is C19H19NO3S. The molecule has 3 rings (SSSR count). The molecule has 1 heterocycles. The van der Waals surface area contributed by atoms with E-state index in [-0.39, 0.29) is 11.5 Å². The fraction of sp³-hybridized carbons (Fsp3) is 0.263. The molecule has 1 aliphatic heterocycles. The van der Waals surface area contributed by atoms with Gasteiger partial charge in [0.25, 0.3) is 5.91 Å². The van der Waals surface area contributed by atoms with E-state index in [4.69, 9.17) is 5.11 Å². The third kappa shape index (κ3) is 3.97. The number of carboxylic acids is 1. The van der Waals surface area contributed by atoms with Crippen LogP contribution in [0.1, 0.15) is 27.1 Å². The van der Waals surface area contributed by atoms with Crippen LogP contribution in [0, 0.1) is 5.92 Å². The molecule has 1 N–H and O–H groups in total. The first-order chi connectivity index (χ1) is 11.6. The lowest BCUT2D eigenvalue weighted by Crippen LogP contribution is -2.29. The summed E-state index contributed by atoms with van der Waals surface area (Å²) in [5.74, 6) is 0.510. The molecule has 0 saturated carbocycles. The second-order valence-corrected chi connectivity index (χ2v) is 7.01. The minimum absolute atomic E-state index is 0.0147. The summed E-state index contributed by atoms with van der Waals surface area (Å²) >= 11 is 1.83. The predicted molar refractivity (Wildman–Crippen MR) is 94.6 cm³/mol. The Morgan fingerprint density at radius 2 is 1.71 bits per heavy atom. The van der Waals surface area contributed by atoms with Gasteiger partial charge in [-0.3, -0.25) is 4.79 Å². The molecule has 2 aromatic carbocycles. The molecule has 24 heavy (non-hydrogen) atoms. The summed E-state index contributed by atoms with van der Waals surface area (Å²) in [6.45, 7) is 1.53. The molecule has 0 radical (unpaired) electrons. The van der Waals surface area contributed by atoms with Crippen molar-refractivity contribution in [2.45, 2.75) is 11.3 Å². The highest BCUT2D eigenvalue weighted by molar-refractivity contribution is 7.99. The third-order valence-electron chi connectivity index (χ3n) is 4.18. The molecule has 1 atom stereocenters. The predicted octanol–water partition coefficient (Wildman–Crippen LogP) is 3.64. The summed E-state index contributed by atoms with van der Waals surface area (Å²) < 4.78 is 0. The molecule has 0 aromatic heterocycles. The number of carboxylic acid groups (broad SMARTS) is 1. The van der Waals surface area contributed by atoms with E-state index in [0.29, 0.717) is 11.5 Å². The second kappa shape index (κ2) is 7.53. The topological polar surface area (TPSA) is 57.6 Å². The van der Waals surface area contributed by atoms with Crippen molar-refractivity contribution in [2.24, 2.45) is 5.92 Å². The quantitative estimate of drug-likeness (QED) is 0.844. The van der Waals surface area contributed by atoms with Gasteiger partial charge in [-0.2, -0.15) is 0 Å². The minimum Gasteiger partial charge on any atom is -0.478 e. The summed E-state index contributed by atoms with van der Waals surface area (Å²) in [5.41, 5.74) is 0.751. The van der Waals surface area contributed by atoms with Crippen molar-refractivity contribution in [1.29, 1.82) is 0 Å². The Morgan fingerprint density at radius 3 is 2.38 bits per heavy atom. The van der Waals surface area contributed by atoms with Gasteiger partial charge in [0, 0.05) is 29.3 Å². The zero-order valence-electron chi connectivity index (χ0n) is 13.2. The third-order valence-corrected chi connectivity index (χ3v) is 5.42. The largest absolute Gasteiger partial charge is 0.478 e. The number of hydrogen-bond acceptors (Lipinski definition) is 3. The minimum atomic E-state index is -0.979. The molecule has 2 aromatic rings. The van der Waals surface area contributed by atoms with Crippen molar-refractivity contribution in [2.75, 3.05) is 18.8 Å². The van der Waals surface area contributed by atoms with Crippen LogP contribution in [0.4, 0.5) is 0 Å². The maximum Gasteiger partial charge on any atom is 0.335 e. The van der Waals surface area contributed by atoms with Crippen LogP contribution in [0.3, 0.4) is 0 Å². The van der Waals surface area contributed by atoms with Gasteiger partial charge in [0.1, 0.15) is 0 Å².